The van der Waals surface area contributed by atoms with Crippen molar-refractivity contribution in [2.24, 2.45) is 16.2 Å². The molecule has 1 N–H and O–H groups in total. The number of esters is 2. The normalized spacial score (nSPS) is 30.9. The van der Waals surface area contributed by atoms with Crippen LogP contribution in [0.25, 0.3) is 0 Å². The Morgan fingerprint density at radius 2 is 1.75 bits per heavy atom. The van der Waals surface area contributed by atoms with Gasteiger partial charge in [-0.1, -0.05) is 37.0 Å². The van der Waals surface area contributed by atoms with Gasteiger partial charge in [0.05, 0.1) is 15.5 Å². The lowest BCUT2D eigenvalue weighted by Crippen LogP contribution is -2.60. The number of ether oxygens (including phenoxy) is 1. The zero-order valence-corrected chi connectivity index (χ0v) is 15.0. The topological polar surface area (TPSA) is 72.5 Å². The van der Waals surface area contributed by atoms with Crippen molar-refractivity contribution in [3.05, 3.63) is 28.2 Å². The lowest BCUT2D eigenvalue weighted by molar-refractivity contribution is -0.195. The zero-order chi connectivity index (χ0) is 17.9. The molecule has 0 spiro atoms. The maximum absolute atomic E-state index is 13.0. The molecule has 3 rings (SSSR count). The van der Waals surface area contributed by atoms with Crippen molar-refractivity contribution in [2.45, 2.75) is 33.6 Å². The second-order valence-corrected chi connectivity index (χ2v) is 7.94. The molecular formula is C17H17Cl2NO4. The van der Waals surface area contributed by atoms with Crippen LogP contribution in [0.2, 0.25) is 10.0 Å². The maximum Gasteiger partial charge on any atom is 0.329 e. The summed E-state index contributed by atoms with van der Waals surface area (Å²) in [5, 5.41) is 3.38. The van der Waals surface area contributed by atoms with Gasteiger partial charge in [0.25, 0.3) is 0 Å². The minimum Gasteiger partial charge on any atom is -0.392 e. The predicted molar refractivity (Wildman–Crippen MR) is 89.7 cm³/mol. The number of hydrogen-bond acceptors (Lipinski definition) is 4. The lowest BCUT2D eigenvalue weighted by atomic mass is 9.57. The first-order valence-electron chi connectivity index (χ1n) is 7.59. The van der Waals surface area contributed by atoms with Gasteiger partial charge in [0.15, 0.2) is 5.41 Å². The van der Waals surface area contributed by atoms with E-state index in [2.05, 4.69) is 5.32 Å². The quantitative estimate of drug-likeness (QED) is 0.635. The minimum absolute atomic E-state index is 0.258. The summed E-state index contributed by atoms with van der Waals surface area (Å²) in [5.74, 6) is -1.84. The number of carbonyl (C=O) groups excluding carboxylic acids is 3. The Hall–Kier alpha value is -1.59. The number of nitrogens with one attached hydrogen (secondary N) is 1. The van der Waals surface area contributed by atoms with Gasteiger partial charge in [-0.3, -0.25) is 14.4 Å². The first-order chi connectivity index (χ1) is 11.1. The second kappa shape index (κ2) is 5.20. The number of halogens is 2. The van der Waals surface area contributed by atoms with Crippen LogP contribution >= 0.6 is 23.2 Å². The first kappa shape index (κ1) is 17.2. The third-order valence-electron chi connectivity index (χ3n) is 6.00. The summed E-state index contributed by atoms with van der Waals surface area (Å²) in [4.78, 5) is 37.8. The smallest absolute Gasteiger partial charge is 0.329 e. The Morgan fingerprint density at radius 1 is 1.08 bits per heavy atom. The van der Waals surface area contributed by atoms with Gasteiger partial charge in [-0.25, -0.2) is 0 Å². The summed E-state index contributed by atoms with van der Waals surface area (Å²) in [6.07, 6.45) is 0.674. The van der Waals surface area contributed by atoms with Gasteiger partial charge in [0.1, 0.15) is 0 Å². The fourth-order valence-corrected chi connectivity index (χ4v) is 4.13. The molecule has 1 aromatic rings. The van der Waals surface area contributed by atoms with E-state index in [4.69, 9.17) is 27.9 Å². The molecule has 2 atom stereocenters. The molecule has 1 saturated carbocycles. The number of fused-ring (bicyclic) bond motifs is 2. The van der Waals surface area contributed by atoms with E-state index >= 15 is 0 Å². The number of benzene rings is 1. The molecule has 2 bridgehead atoms. The zero-order valence-electron chi connectivity index (χ0n) is 13.5. The van der Waals surface area contributed by atoms with Crippen molar-refractivity contribution in [3.8, 4) is 0 Å². The maximum atomic E-state index is 13.0. The number of cyclic esters (lactones) is 2. The van der Waals surface area contributed by atoms with Gasteiger partial charge in [-0.05, 0) is 38.0 Å². The Kier molecular flexibility index (Phi) is 3.74. The highest BCUT2D eigenvalue weighted by atomic mass is 35.5. The fraction of sp³-hybridized carbons (Fsp3) is 0.471. The van der Waals surface area contributed by atoms with Crippen LogP contribution in [0.1, 0.15) is 33.6 Å². The van der Waals surface area contributed by atoms with Crippen molar-refractivity contribution in [1.29, 1.82) is 0 Å². The van der Waals surface area contributed by atoms with Crippen LogP contribution in [-0.2, 0) is 19.1 Å². The highest BCUT2D eigenvalue weighted by molar-refractivity contribution is 6.42. The van der Waals surface area contributed by atoms with Crippen molar-refractivity contribution in [2.75, 3.05) is 5.32 Å². The molecule has 0 aromatic heterocycles. The molecule has 2 fully saturated rings. The molecular weight excluding hydrogens is 353 g/mol. The second-order valence-electron chi connectivity index (χ2n) is 7.12. The number of carbonyl (C=O) groups is 3. The van der Waals surface area contributed by atoms with Crippen LogP contribution in [0.4, 0.5) is 5.69 Å². The van der Waals surface area contributed by atoms with Gasteiger partial charge in [-0.15, -0.1) is 0 Å². The fourth-order valence-electron chi connectivity index (χ4n) is 3.83. The average molecular weight is 370 g/mol. The molecule has 5 nitrogen and oxygen atoms in total. The average Bonchev–Trinajstić information content (AvgIpc) is 2.64. The third-order valence-corrected chi connectivity index (χ3v) is 6.73. The summed E-state index contributed by atoms with van der Waals surface area (Å²) in [5.41, 5.74) is -2.73. The van der Waals surface area contributed by atoms with Crippen molar-refractivity contribution in [1.82, 2.24) is 0 Å². The third kappa shape index (κ3) is 1.97. The predicted octanol–water partition coefficient (Wildman–Crippen LogP) is 3.83. The van der Waals surface area contributed by atoms with Crippen LogP contribution in [0.3, 0.4) is 0 Å². The molecule has 2 unspecified atom stereocenters. The molecule has 1 aliphatic heterocycles. The Labute approximate surface area is 149 Å². The van der Waals surface area contributed by atoms with E-state index in [1.807, 2.05) is 0 Å². The molecule has 1 heterocycles. The molecule has 2 aliphatic rings. The number of hydrogen-bond donors (Lipinski definition) is 1. The Bertz CT molecular complexity index is 776. The van der Waals surface area contributed by atoms with Crippen LogP contribution in [0, 0.1) is 16.2 Å². The van der Waals surface area contributed by atoms with Gasteiger partial charge >= 0.3 is 11.9 Å². The number of rotatable bonds is 2. The molecule has 1 saturated heterocycles. The van der Waals surface area contributed by atoms with Gasteiger partial charge < -0.3 is 10.1 Å². The van der Waals surface area contributed by atoms with Gasteiger partial charge in [0.2, 0.25) is 5.91 Å². The molecule has 24 heavy (non-hydrogen) atoms. The Balaban J connectivity index is 2.00. The van der Waals surface area contributed by atoms with Gasteiger partial charge in [-0.2, -0.15) is 0 Å². The van der Waals surface area contributed by atoms with Crippen LogP contribution < -0.4 is 5.32 Å². The SMILES string of the molecule is CC12CCC(C(=O)Nc3ccc(Cl)c(Cl)c3)(C(=O)OC1=O)C2(C)C. The largest absolute Gasteiger partial charge is 0.392 e. The monoisotopic (exact) mass is 369 g/mol. The molecule has 0 radical (unpaired) electrons. The molecule has 1 aliphatic carbocycles. The highest BCUT2D eigenvalue weighted by Gasteiger charge is 2.75. The van der Waals surface area contributed by atoms with E-state index in [1.165, 1.54) is 6.07 Å². The van der Waals surface area contributed by atoms with E-state index in [0.29, 0.717) is 22.2 Å². The molecule has 7 heteroatoms. The first-order valence-corrected chi connectivity index (χ1v) is 8.35. The van der Waals surface area contributed by atoms with E-state index in [-0.39, 0.29) is 6.42 Å². The van der Waals surface area contributed by atoms with Crippen LogP contribution in [-0.4, -0.2) is 17.8 Å². The number of amides is 1. The molecule has 1 aromatic carbocycles. The van der Waals surface area contributed by atoms with Crippen LogP contribution in [0.5, 0.6) is 0 Å². The summed E-state index contributed by atoms with van der Waals surface area (Å²) < 4.78 is 4.93. The summed E-state index contributed by atoms with van der Waals surface area (Å²) in [6, 6.07) is 4.67. The summed E-state index contributed by atoms with van der Waals surface area (Å²) in [6.45, 7) is 5.29. The van der Waals surface area contributed by atoms with Crippen molar-refractivity contribution >= 4 is 46.7 Å². The van der Waals surface area contributed by atoms with E-state index in [9.17, 15) is 14.4 Å². The minimum atomic E-state index is -1.41. The summed E-state index contributed by atoms with van der Waals surface area (Å²) >= 11 is 11.8. The lowest BCUT2D eigenvalue weighted by Gasteiger charge is -2.48. The van der Waals surface area contributed by atoms with Crippen molar-refractivity contribution in [3.63, 3.8) is 0 Å². The Morgan fingerprint density at radius 3 is 2.38 bits per heavy atom. The molecule has 1 amide bonds. The van der Waals surface area contributed by atoms with E-state index < -0.39 is 34.1 Å². The van der Waals surface area contributed by atoms with Crippen LogP contribution in [0.15, 0.2) is 18.2 Å². The molecule has 128 valence electrons. The van der Waals surface area contributed by atoms with E-state index in [0.717, 1.165) is 0 Å². The van der Waals surface area contributed by atoms with Crippen molar-refractivity contribution < 1.29 is 19.1 Å². The van der Waals surface area contributed by atoms with Gasteiger partial charge in [0, 0.05) is 11.1 Å². The highest BCUT2D eigenvalue weighted by Crippen LogP contribution is 2.66. The summed E-state index contributed by atoms with van der Waals surface area (Å²) in [7, 11) is 0. The number of anilines is 1. The standard InChI is InChI=1S/C17H17Cl2NO4/c1-15(2)16(3)6-7-17(15,14(23)24-13(16)22)12(21)20-9-4-5-10(18)11(19)8-9/h4-5,8H,6-7H2,1-3H3,(H,20,21). The van der Waals surface area contributed by atoms with E-state index in [1.54, 1.807) is 32.9 Å².